The van der Waals surface area contributed by atoms with Crippen LogP contribution in [0.15, 0.2) is 23.6 Å². The van der Waals surface area contributed by atoms with E-state index < -0.39 is 11.6 Å². The van der Waals surface area contributed by atoms with E-state index in [1.54, 1.807) is 16.2 Å². The Morgan fingerprint density at radius 1 is 1.12 bits per heavy atom. The molecule has 182 valence electrons. The van der Waals surface area contributed by atoms with Crippen molar-refractivity contribution in [1.29, 1.82) is 0 Å². The first-order valence-electron chi connectivity index (χ1n) is 12.5. The number of thiophene rings is 1. The molecule has 0 bridgehead atoms. The number of carbonyl (C=O) groups excluding carboxylic acids is 2. The number of hydrogen-bond donors (Lipinski definition) is 0. The molecular weight excluding hydrogens is 454 g/mol. The summed E-state index contributed by atoms with van der Waals surface area (Å²) in [4.78, 5) is 30.9. The quantitative estimate of drug-likeness (QED) is 0.561. The summed E-state index contributed by atoms with van der Waals surface area (Å²) in [6, 6.07) is 3.52. The van der Waals surface area contributed by atoms with E-state index in [2.05, 4.69) is 5.38 Å². The molecule has 4 nitrogen and oxygen atoms in total. The molecule has 5 rings (SSSR count). The maximum atomic E-state index is 14.5. The summed E-state index contributed by atoms with van der Waals surface area (Å²) in [5.41, 5.74) is 3.03. The number of hydrogen-bond acceptors (Lipinski definition) is 3. The number of likely N-dealkylation sites (tertiary alicyclic amines) is 1. The number of aryl methyl sites for hydroxylation is 1. The molecule has 1 aliphatic heterocycles. The van der Waals surface area contributed by atoms with Gasteiger partial charge in [-0.15, -0.1) is 11.3 Å². The van der Waals surface area contributed by atoms with Crippen LogP contribution in [0, 0.1) is 23.5 Å². The van der Waals surface area contributed by atoms with Gasteiger partial charge in [-0.1, -0.05) is 6.07 Å². The highest BCUT2D eigenvalue weighted by Crippen LogP contribution is 2.35. The lowest BCUT2D eigenvalue weighted by atomic mass is 9.84. The topological polar surface area (TPSA) is 40.6 Å². The van der Waals surface area contributed by atoms with Crippen LogP contribution in [0.25, 0.3) is 0 Å². The largest absolute Gasteiger partial charge is 0.342 e. The third-order valence-electron chi connectivity index (χ3n) is 7.88. The number of fused-ring (bicyclic) bond motifs is 1. The van der Waals surface area contributed by atoms with Crippen LogP contribution in [0.5, 0.6) is 0 Å². The van der Waals surface area contributed by atoms with Gasteiger partial charge in [-0.2, -0.15) is 0 Å². The molecule has 2 fully saturated rings. The number of nitrogens with zero attached hydrogens (tertiary/aromatic N) is 2. The molecule has 3 aliphatic rings. The van der Waals surface area contributed by atoms with Crippen molar-refractivity contribution in [2.75, 3.05) is 20.1 Å². The van der Waals surface area contributed by atoms with Crippen molar-refractivity contribution in [1.82, 2.24) is 9.80 Å². The Labute approximate surface area is 203 Å². The van der Waals surface area contributed by atoms with E-state index in [9.17, 15) is 18.4 Å². The zero-order valence-electron chi connectivity index (χ0n) is 19.7. The number of likely N-dealkylation sites (N-methyl/N-ethyl adjacent to an activating group) is 1. The molecule has 1 saturated carbocycles. The van der Waals surface area contributed by atoms with Crippen molar-refractivity contribution >= 4 is 23.2 Å². The summed E-state index contributed by atoms with van der Waals surface area (Å²) in [5.74, 6) is -0.655. The minimum absolute atomic E-state index is 0.0808. The summed E-state index contributed by atoms with van der Waals surface area (Å²) in [7, 11) is 1.82. The van der Waals surface area contributed by atoms with Gasteiger partial charge in [-0.05, 0) is 91.8 Å². The summed E-state index contributed by atoms with van der Waals surface area (Å²) in [5, 5.41) is 2.15. The molecule has 1 atom stereocenters. The molecule has 2 amide bonds. The molecular formula is C27H32F2N2O2S. The van der Waals surface area contributed by atoms with E-state index in [1.807, 2.05) is 11.9 Å². The highest BCUT2D eigenvalue weighted by atomic mass is 32.1. The van der Waals surface area contributed by atoms with Crippen molar-refractivity contribution in [2.24, 2.45) is 11.8 Å². The summed E-state index contributed by atoms with van der Waals surface area (Å²) in [6.45, 7) is 1.29. The van der Waals surface area contributed by atoms with Crippen LogP contribution in [0.4, 0.5) is 8.78 Å². The van der Waals surface area contributed by atoms with Crippen LogP contribution in [0.3, 0.4) is 0 Å². The van der Waals surface area contributed by atoms with Gasteiger partial charge in [0.1, 0.15) is 11.6 Å². The van der Waals surface area contributed by atoms with Gasteiger partial charge in [0.05, 0.1) is 4.88 Å². The Hall–Kier alpha value is -2.28. The highest BCUT2D eigenvalue weighted by Gasteiger charge is 2.39. The van der Waals surface area contributed by atoms with E-state index in [1.165, 1.54) is 29.7 Å². The Kier molecular flexibility index (Phi) is 6.74. The zero-order chi connectivity index (χ0) is 23.8. The van der Waals surface area contributed by atoms with E-state index in [-0.39, 0.29) is 29.7 Å². The van der Waals surface area contributed by atoms with Gasteiger partial charge < -0.3 is 9.80 Å². The van der Waals surface area contributed by atoms with Gasteiger partial charge in [-0.3, -0.25) is 9.59 Å². The fraction of sp³-hybridized carbons (Fsp3) is 0.556. The smallest absolute Gasteiger partial charge is 0.264 e. The molecule has 0 N–H and O–H groups in total. The first-order valence-corrected chi connectivity index (χ1v) is 13.4. The lowest BCUT2D eigenvalue weighted by Crippen LogP contribution is -2.49. The molecule has 34 heavy (non-hydrogen) atoms. The normalized spacial score (nSPS) is 19.6. The van der Waals surface area contributed by atoms with Gasteiger partial charge in [0.25, 0.3) is 5.91 Å². The lowest BCUT2D eigenvalue weighted by Gasteiger charge is -2.40. The number of carbonyl (C=O) groups is 2. The number of rotatable bonds is 6. The van der Waals surface area contributed by atoms with Crippen molar-refractivity contribution in [3.8, 4) is 0 Å². The summed E-state index contributed by atoms with van der Waals surface area (Å²) < 4.78 is 27.9. The van der Waals surface area contributed by atoms with E-state index in [0.717, 1.165) is 55.9 Å². The first kappa shape index (κ1) is 23.5. The molecule has 7 heteroatoms. The Bertz CT molecular complexity index is 1070. The van der Waals surface area contributed by atoms with E-state index >= 15 is 0 Å². The van der Waals surface area contributed by atoms with E-state index in [4.69, 9.17) is 0 Å². The van der Waals surface area contributed by atoms with E-state index in [0.29, 0.717) is 25.1 Å². The Balaban J connectivity index is 1.29. The molecule has 2 aliphatic carbocycles. The molecule has 1 aromatic heterocycles. The van der Waals surface area contributed by atoms with Crippen LogP contribution < -0.4 is 0 Å². The van der Waals surface area contributed by atoms with Crippen LogP contribution >= 0.6 is 11.3 Å². The fourth-order valence-electron chi connectivity index (χ4n) is 5.64. The van der Waals surface area contributed by atoms with Gasteiger partial charge in [-0.25, -0.2) is 8.78 Å². The predicted octanol–water partition coefficient (Wildman–Crippen LogP) is 5.24. The van der Waals surface area contributed by atoms with Crippen molar-refractivity contribution < 1.29 is 18.4 Å². The number of benzene rings is 1. The lowest BCUT2D eigenvalue weighted by molar-refractivity contribution is -0.134. The molecule has 1 saturated heterocycles. The zero-order valence-corrected chi connectivity index (χ0v) is 20.5. The van der Waals surface area contributed by atoms with Gasteiger partial charge in [0, 0.05) is 38.2 Å². The van der Waals surface area contributed by atoms with Crippen LogP contribution in [-0.2, 0) is 24.1 Å². The molecule has 2 aromatic rings. The Morgan fingerprint density at radius 2 is 1.85 bits per heavy atom. The average Bonchev–Trinajstić information content (AvgIpc) is 3.61. The minimum atomic E-state index is -0.595. The van der Waals surface area contributed by atoms with Crippen molar-refractivity contribution in [3.05, 3.63) is 56.8 Å². The molecule has 1 aromatic carbocycles. The molecule has 0 spiro atoms. The van der Waals surface area contributed by atoms with Crippen LogP contribution in [0.2, 0.25) is 0 Å². The molecule has 0 unspecified atom stereocenters. The number of amides is 2. The third kappa shape index (κ3) is 4.77. The number of piperidine rings is 1. The second-order valence-corrected chi connectivity index (χ2v) is 11.0. The standard InChI is InChI=1S/C27H32F2N2O2S/c1-30(26(32)18-6-7-18)24(14-19-8-9-21(28)15-23(19)29)17-10-12-31(13-11-17)27(33)25-22-5-3-2-4-20(22)16-34-25/h8-9,15-18,24H,2-7,10-14H2,1H3/t24-/m1/s1. The molecule has 0 radical (unpaired) electrons. The summed E-state index contributed by atoms with van der Waals surface area (Å²) >= 11 is 1.58. The van der Waals surface area contributed by atoms with Crippen LogP contribution in [0.1, 0.15) is 64.9 Å². The van der Waals surface area contributed by atoms with Gasteiger partial charge >= 0.3 is 0 Å². The number of halogens is 2. The SMILES string of the molecule is CN(C(=O)C1CC1)[C@H](Cc1ccc(F)cc1F)C1CCN(C(=O)c2scc3c2CCCC3)CC1. The summed E-state index contributed by atoms with van der Waals surface area (Å²) in [6.07, 6.45) is 8.15. The van der Waals surface area contributed by atoms with Gasteiger partial charge in [0.2, 0.25) is 5.91 Å². The highest BCUT2D eigenvalue weighted by molar-refractivity contribution is 7.12. The second kappa shape index (κ2) is 9.76. The van der Waals surface area contributed by atoms with Crippen LogP contribution in [-0.4, -0.2) is 47.8 Å². The maximum absolute atomic E-state index is 14.5. The fourth-order valence-corrected chi connectivity index (χ4v) is 6.77. The van der Waals surface area contributed by atoms with Gasteiger partial charge in [0.15, 0.2) is 0 Å². The molecule has 2 heterocycles. The third-order valence-corrected chi connectivity index (χ3v) is 8.94. The second-order valence-electron chi connectivity index (χ2n) is 10.1. The monoisotopic (exact) mass is 486 g/mol. The maximum Gasteiger partial charge on any atom is 0.264 e. The first-order chi connectivity index (χ1) is 16.4. The Morgan fingerprint density at radius 3 is 2.56 bits per heavy atom. The predicted molar refractivity (Wildman–Crippen MR) is 129 cm³/mol. The minimum Gasteiger partial charge on any atom is -0.342 e. The average molecular weight is 487 g/mol. The van der Waals surface area contributed by atoms with Crippen molar-refractivity contribution in [2.45, 2.75) is 63.8 Å². The van der Waals surface area contributed by atoms with Crippen molar-refractivity contribution in [3.63, 3.8) is 0 Å².